The lowest BCUT2D eigenvalue weighted by Gasteiger charge is -2.14. The molecule has 1 aliphatic heterocycles. The van der Waals surface area contributed by atoms with Crippen molar-refractivity contribution >= 4 is 17.6 Å². The van der Waals surface area contributed by atoms with Gasteiger partial charge in [-0.2, -0.15) is 5.10 Å². The SMILES string of the molecule is Cn1nc(C(=O)O)cc1-c1ccc(OC2CCOC2)c(Cl)c1. The van der Waals surface area contributed by atoms with E-state index in [0.29, 0.717) is 29.7 Å². The minimum Gasteiger partial charge on any atom is -0.486 e. The molecule has 1 aromatic heterocycles. The highest BCUT2D eigenvalue weighted by Gasteiger charge is 2.19. The molecule has 1 saturated heterocycles. The van der Waals surface area contributed by atoms with Crippen molar-refractivity contribution in [3.63, 3.8) is 0 Å². The molecule has 1 N–H and O–H groups in total. The summed E-state index contributed by atoms with van der Waals surface area (Å²) in [6.07, 6.45) is 0.876. The Balaban J connectivity index is 1.86. The molecule has 1 aromatic carbocycles. The largest absolute Gasteiger partial charge is 0.486 e. The number of hydrogen-bond acceptors (Lipinski definition) is 4. The molecule has 0 amide bonds. The summed E-state index contributed by atoms with van der Waals surface area (Å²) in [4.78, 5) is 11.0. The second kappa shape index (κ2) is 5.98. The molecule has 2 heterocycles. The van der Waals surface area contributed by atoms with Gasteiger partial charge in [0.2, 0.25) is 0 Å². The molecule has 1 atom stereocenters. The van der Waals surface area contributed by atoms with E-state index in [0.717, 1.165) is 12.0 Å². The number of aromatic carboxylic acids is 1. The van der Waals surface area contributed by atoms with Crippen molar-refractivity contribution in [2.45, 2.75) is 12.5 Å². The number of aromatic nitrogens is 2. The summed E-state index contributed by atoms with van der Waals surface area (Å²) >= 11 is 6.27. The number of carbonyl (C=O) groups is 1. The third kappa shape index (κ3) is 2.93. The van der Waals surface area contributed by atoms with Gasteiger partial charge in [-0.15, -0.1) is 0 Å². The lowest BCUT2D eigenvalue weighted by atomic mass is 10.1. The van der Waals surface area contributed by atoms with Crippen molar-refractivity contribution in [2.24, 2.45) is 7.05 Å². The number of rotatable bonds is 4. The van der Waals surface area contributed by atoms with Crippen LogP contribution in [0.2, 0.25) is 5.02 Å². The first-order valence-electron chi connectivity index (χ1n) is 6.86. The Bertz CT molecular complexity index is 708. The van der Waals surface area contributed by atoms with Gasteiger partial charge in [0.15, 0.2) is 5.69 Å². The van der Waals surface area contributed by atoms with Crippen LogP contribution in [0.1, 0.15) is 16.9 Å². The van der Waals surface area contributed by atoms with Gasteiger partial charge in [0.25, 0.3) is 0 Å². The van der Waals surface area contributed by atoms with Gasteiger partial charge in [-0.05, 0) is 24.3 Å². The molecule has 2 aromatic rings. The van der Waals surface area contributed by atoms with E-state index in [2.05, 4.69) is 5.10 Å². The molecule has 3 rings (SSSR count). The van der Waals surface area contributed by atoms with Crippen LogP contribution in [-0.4, -0.2) is 40.2 Å². The second-order valence-electron chi connectivity index (χ2n) is 5.09. The van der Waals surface area contributed by atoms with E-state index in [4.69, 9.17) is 26.2 Å². The maximum Gasteiger partial charge on any atom is 0.356 e. The fraction of sp³-hybridized carbons (Fsp3) is 0.333. The minimum absolute atomic E-state index is 0.00273. The first-order chi connectivity index (χ1) is 10.5. The van der Waals surface area contributed by atoms with E-state index >= 15 is 0 Å². The first-order valence-corrected chi connectivity index (χ1v) is 7.24. The molecule has 0 aliphatic carbocycles. The molecule has 0 bridgehead atoms. The highest BCUT2D eigenvalue weighted by molar-refractivity contribution is 6.32. The number of aryl methyl sites for hydroxylation is 1. The van der Waals surface area contributed by atoms with Crippen LogP contribution in [0.4, 0.5) is 0 Å². The lowest BCUT2D eigenvalue weighted by Crippen LogP contribution is -2.15. The van der Waals surface area contributed by atoms with E-state index < -0.39 is 5.97 Å². The van der Waals surface area contributed by atoms with Crippen molar-refractivity contribution < 1.29 is 19.4 Å². The summed E-state index contributed by atoms with van der Waals surface area (Å²) in [5.41, 5.74) is 1.45. The predicted octanol–water partition coefficient (Wildman–Crippen LogP) is 2.61. The van der Waals surface area contributed by atoms with Crippen LogP contribution in [0.5, 0.6) is 5.75 Å². The number of nitrogens with zero attached hydrogens (tertiary/aromatic N) is 2. The van der Waals surface area contributed by atoms with E-state index in [-0.39, 0.29) is 11.8 Å². The molecule has 0 spiro atoms. The van der Waals surface area contributed by atoms with Crippen molar-refractivity contribution in [3.05, 3.63) is 35.0 Å². The molecule has 22 heavy (non-hydrogen) atoms. The van der Waals surface area contributed by atoms with E-state index in [1.807, 2.05) is 6.07 Å². The van der Waals surface area contributed by atoms with Crippen molar-refractivity contribution in [1.82, 2.24) is 9.78 Å². The van der Waals surface area contributed by atoms with Crippen molar-refractivity contribution in [3.8, 4) is 17.0 Å². The number of carboxylic acids is 1. The lowest BCUT2D eigenvalue weighted by molar-refractivity contribution is 0.0689. The summed E-state index contributed by atoms with van der Waals surface area (Å²) in [5, 5.41) is 13.4. The topological polar surface area (TPSA) is 73.6 Å². The van der Waals surface area contributed by atoms with Gasteiger partial charge < -0.3 is 14.6 Å². The fourth-order valence-corrected chi connectivity index (χ4v) is 2.61. The Morgan fingerprint density at radius 1 is 1.50 bits per heavy atom. The second-order valence-corrected chi connectivity index (χ2v) is 5.50. The van der Waals surface area contributed by atoms with Crippen LogP contribution in [0.3, 0.4) is 0 Å². The van der Waals surface area contributed by atoms with Gasteiger partial charge in [-0.25, -0.2) is 4.79 Å². The number of benzene rings is 1. The van der Waals surface area contributed by atoms with Crippen molar-refractivity contribution in [2.75, 3.05) is 13.2 Å². The number of carboxylic acid groups (broad SMARTS) is 1. The third-order valence-electron chi connectivity index (χ3n) is 3.51. The van der Waals surface area contributed by atoms with Gasteiger partial charge in [0.05, 0.1) is 23.9 Å². The summed E-state index contributed by atoms with van der Waals surface area (Å²) in [6, 6.07) is 6.87. The van der Waals surface area contributed by atoms with Crippen LogP contribution in [0.15, 0.2) is 24.3 Å². The molecular weight excluding hydrogens is 308 g/mol. The average Bonchev–Trinajstić information content (AvgIpc) is 3.10. The summed E-state index contributed by atoms with van der Waals surface area (Å²) < 4.78 is 12.6. The average molecular weight is 323 g/mol. The van der Waals surface area contributed by atoms with Gasteiger partial charge in [-0.1, -0.05) is 11.6 Å². The van der Waals surface area contributed by atoms with E-state index in [9.17, 15) is 4.79 Å². The van der Waals surface area contributed by atoms with E-state index in [1.54, 1.807) is 19.2 Å². The molecule has 116 valence electrons. The molecule has 1 unspecified atom stereocenters. The number of halogens is 1. The normalized spacial score (nSPS) is 17.6. The van der Waals surface area contributed by atoms with E-state index in [1.165, 1.54) is 10.7 Å². The van der Waals surface area contributed by atoms with Gasteiger partial charge in [-0.3, -0.25) is 4.68 Å². The number of hydrogen-bond donors (Lipinski definition) is 1. The zero-order valence-corrected chi connectivity index (χ0v) is 12.7. The Hall–Kier alpha value is -2.05. The highest BCUT2D eigenvalue weighted by atomic mass is 35.5. The Morgan fingerprint density at radius 2 is 2.32 bits per heavy atom. The maximum absolute atomic E-state index is 11.0. The van der Waals surface area contributed by atoms with Crippen LogP contribution in [-0.2, 0) is 11.8 Å². The van der Waals surface area contributed by atoms with Gasteiger partial charge in [0, 0.05) is 19.0 Å². The van der Waals surface area contributed by atoms with Crippen molar-refractivity contribution in [1.29, 1.82) is 0 Å². The molecule has 0 saturated carbocycles. The van der Waals surface area contributed by atoms with Gasteiger partial charge >= 0.3 is 5.97 Å². The Morgan fingerprint density at radius 3 is 2.91 bits per heavy atom. The Labute approximate surface area is 132 Å². The standard InChI is InChI=1S/C15H15ClN2O4/c1-18-13(7-12(17-18)15(19)20)9-2-3-14(11(16)6-9)22-10-4-5-21-8-10/h2-3,6-7,10H,4-5,8H2,1H3,(H,19,20). The van der Waals surface area contributed by atoms with Gasteiger partial charge in [0.1, 0.15) is 11.9 Å². The monoisotopic (exact) mass is 322 g/mol. The quantitative estimate of drug-likeness (QED) is 0.936. The minimum atomic E-state index is -1.06. The van der Waals surface area contributed by atoms with Crippen LogP contribution in [0.25, 0.3) is 11.3 Å². The highest BCUT2D eigenvalue weighted by Crippen LogP contribution is 2.32. The molecule has 6 nitrogen and oxygen atoms in total. The zero-order chi connectivity index (χ0) is 15.7. The number of ether oxygens (including phenoxy) is 2. The predicted molar refractivity (Wildman–Crippen MR) is 80.5 cm³/mol. The summed E-state index contributed by atoms with van der Waals surface area (Å²) in [5.74, 6) is -0.462. The van der Waals surface area contributed by atoms with Crippen LogP contribution < -0.4 is 4.74 Å². The summed E-state index contributed by atoms with van der Waals surface area (Å²) in [6.45, 7) is 1.27. The smallest absolute Gasteiger partial charge is 0.356 e. The third-order valence-corrected chi connectivity index (χ3v) is 3.80. The summed E-state index contributed by atoms with van der Waals surface area (Å²) in [7, 11) is 1.69. The first kappa shape index (κ1) is 14.9. The Kier molecular flexibility index (Phi) is 4.04. The molecule has 1 aliphatic rings. The molecule has 0 radical (unpaired) electrons. The fourth-order valence-electron chi connectivity index (χ4n) is 2.38. The molecule has 1 fully saturated rings. The zero-order valence-electron chi connectivity index (χ0n) is 12.0. The maximum atomic E-state index is 11.0. The van der Waals surface area contributed by atoms with Crippen LogP contribution >= 0.6 is 11.6 Å². The van der Waals surface area contributed by atoms with Crippen LogP contribution in [0, 0.1) is 0 Å². The molecular formula is C15H15ClN2O4. The molecule has 7 heteroatoms.